The van der Waals surface area contributed by atoms with E-state index in [1.807, 2.05) is 0 Å². The van der Waals surface area contributed by atoms with Crippen molar-refractivity contribution >= 4 is 5.97 Å². The molecule has 0 radical (unpaired) electrons. The fourth-order valence-corrected chi connectivity index (χ4v) is 3.79. The molecule has 0 aliphatic heterocycles. The minimum Gasteiger partial charge on any atom is -0.468 e. The molecule has 1 N–H and O–H groups in total. The fraction of sp³-hybridized carbons (Fsp3) is 0.933. The molecule has 0 amide bonds. The molecule has 0 heterocycles. The summed E-state index contributed by atoms with van der Waals surface area (Å²) in [5.41, 5.74) is -0.429. The van der Waals surface area contributed by atoms with Crippen molar-refractivity contribution in [2.45, 2.75) is 70.4 Å². The Balaban J connectivity index is 2.17. The Hall–Kier alpha value is -0.570. The summed E-state index contributed by atoms with van der Waals surface area (Å²) in [6, 6.07) is 0.511. The Kier molecular flexibility index (Phi) is 4.31. The zero-order chi connectivity index (χ0) is 13.2. The van der Waals surface area contributed by atoms with Crippen molar-refractivity contribution in [3.63, 3.8) is 0 Å². The minimum atomic E-state index is -0.429. The third-order valence-electron chi connectivity index (χ3n) is 4.97. The van der Waals surface area contributed by atoms with Gasteiger partial charge in [-0.3, -0.25) is 10.1 Å². The third-order valence-corrected chi connectivity index (χ3v) is 4.97. The Bertz CT molecular complexity index is 299. The zero-order valence-electron chi connectivity index (χ0n) is 12.0. The second-order valence-electron chi connectivity index (χ2n) is 6.38. The van der Waals surface area contributed by atoms with Gasteiger partial charge in [0, 0.05) is 6.04 Å². The number of methoxy groups -OCH3 is 1. The van der Waals surface area contributed by atoms with Crippen LogP contribution in [0.15, 0.2) is 0 Å². The Morgan fingerprint density at radius 3 is 2.44 bits per heavy atom. The Morgan fingerprint density at radius 2 is 1.83 bits per heavy atom. The highest BCUT2D eigenvalue weighted by atomic mass is 16.5. The van der Waals surface area contributed by atoms with Gasteiger partial charge in [-0.15, -0.1) is 0 Å². The second kappa shape index (κ2) is 5.60. The standard InChI is InChI=1S/C15H27NO2/c1-11-8-9-12(2)15(10-11,14(17)18-3)16-13-6-4-5-7-13/h11-13,16H,4-10H2,1-3H3. The average molecular weight is 253 g/mol. The average Bonchev–Trinajstić information content (AvgIpc) is 2.85. The summed E-state index contributed by atoms with van der Waals surface area (Å²) in [5, 5.41) is 3.69. The van der Waals surface area contributed by atoms with E-state index in [0.717, 1.165) is 12.8 Å². The van der Waals surface area contributed by atoms with Gasteiger partial charge in [-0.05, 0) is 37.5 Å². The molecule has 18 heavy (non-hydrogen) atoms. The van der Waals surface area contributed by atoms with E-state index in [2.05, 4.69) is 19.2 Å². The maximum Gasteiger partial charge on any atom is 0.326 e. The van der Waals surface area contributed by atoms with Crippen molar-refractivity contribution < 1.29 is 9.53 Å². The van der Waals surface area contributed by atoms with E-state index in [4.69, 9.17) is 4.74 Å². The van der Waals surface area contributed by atoms with Crippen LogP contribution in [0.25, 0.3) is 0 Å². The molecule has 0 aromatic heterocycles. The first-order chi connectivity index (χ1) is 8.58. The van der Waals surface area contributed by atoms with E-state index in [-0.39, 0.29) is 5.97 Å². The predicted octanol–water partition coefficient (Wildman–Crippen LogP) is 2.89. The van der Waals surface area contributed by atoms with Crippen molar-refractivity contribution in [1.29, 1.82) is 0 Å². The van der Waals surface area contributed by atoms with Crippen LogP contribution in [0.4, 0.5) is 0 Å². The fourth-order valence-electron chi connectivity index (χ4n) is 3.79. The van der Waals surface area contributed by atoms with Crippen LogP contribution in [-0.2, 0) is 9.53 Å². The van der Waals surface area contributed by atoms with Crippen LogP contribution in [-0.4, -0.2) is 24.7 Å². The highest BCUT2D eigenvalue weighted by Gasteiger charge is 2.48. The number of rotatable bonds is 3. The monoisotopic (exact) mass is 253 g/mol. The smallest absolute Gasteiger partial charge is 0.326 e. The van der Waals surface area contributed by atoms with Gasteiger partial charge in [0.15, 0.2) is 0 Å². The van der Waals surface area contributed by atoms with E-state index in [0.29, 0.717) is 17.9 Å². The summed E-state index contributed by atoms with van der Waals surface area (Å²) in [4.78, 5) is 12.3. The first-order valence-electron chi connectivity index (χ1n) is 7.44. The zero-order valence-corrected chi connectivity index (χ0v) is 12.0. The summed E-state index contributed by atoms with van der Waals surface area (Å²) < 4.78 is 5.12. The molecule has 3 nitrogen and oxygen atoms in total. The molecule has 3 unspecified atom stereocenters. The van der Waals surface area contributed by atoms with E-state index < -0.39 is 5.54 Å². The van der Waals surface area contributed by atoms with Gasteiger partial charge in [-0.25, -0.2) is 0 Å². The number of carbonyl (C=O) groups excluding carboxylic acids is 1. The Labute approximate surface area is 111 Å². The number of ether oxygens (including phenoxy) is 1. The summed E-state index contributed by atoms with van der Waals surface area (Å²) >= 11 is 0. The molecule has 0 spiro atoms. The van der Waals surface area contributed by atoms with Gasteiger partial charge in [0.1, 0.15) is 5.54 Å². The molecule has 3 heteroatoms. The molecule has 2 saturated carbocycles. The van der Waals surface area contributed by atoms with Gasteiger partial charge in [0.2, 0.25) is 0 Å². The van der Waals surface area contributed by atoms with Crippen LogP contribution in [0.2, 0.25) is 0 Å². The van der Waals surface area contributed by atoms with Gasteiger partial charge in [0.05, 0.1) is 7.11 Å². The van der Waals surface area contributed by atoms with E-state index in [1.54, 1.807) is 0 Å². The minimum absolute atomic E-state index is 0.0477. The molecule has 2 rings (SSSR count). The first-order valence-corrected chi connectivity index (χ1v) is 7.44. The summed E-state index contributed by atoms with van der Waals surface area (Å²) in [7, 11) is 1.52. The summed E-state index contributed by atoms with van der Waals surface area (Å²) in [5.74, 6) is 0.935. The van der Waals surface area contributed by atoms with Crippen LogP contribution in [0.5, 0.6) is 0 Å². The largest absolute Gasteiger partial charge is 0.468 e. The van der Waals surface area contributed by atoms with E-state index >= 15 is 0 Å². The SMILES string of the molecule is COC(=O)C1(NC2CCCC2)CC(C)CCC1C. The lowest BCUT2D eigenvalue weighted by Crippen LogP contribution is -2.62. The molecule has 3 atom stereocenters. The molecule has 2 fully saturated rings. The molecule has 0 aromatic rings. The van der Waals surface area contributed by atoms with Gasteiger partial charge < -0.3 is 4.74 Å². The van der Waals surface area contributed by atoms with Crippen LogP contribution in [0.3, 0.4) is 0 Å². The van der Waals surface area contributed by atoms with Crippen molar-refractivity contribution in [2.24, 2.45) is 11.8 Å². The number of carbonyl (C=O) groups is 1. The number of esters is 1. The molecular weight excluding hydrogens is 226 g/mol. The number of hydrogen-bond acceptors (Lipinski definition) is 3. The van der Waals surface area contributed by atoms with Gasteiger partial charge >= 0.3 is 5.97 Å². The van der Waals surface area contributed by atoms with Crippen molar-refractivity contribution in [1.82, 2.24) is 5.32 Å². The van der Waals surface area contributed by atoms with Crippen LogP contribution >= 0.6 is 0 Å². The van der Waals surface area contributed by atoms with Crippen molar-refractivity contribution in [2.75, 3.05) is 7.11 Å². The van der Waals surface area contributed by atoms with Gasteiger partial charge in [-0.2, -0.15) is 0 Å². The van der Waals surface area contributed by atoms with Crippen molar-refractivity contribution in [3.8, 4) is 0 Å². The molecule has 2 aliphatic carbocycles. The molecule has 0 saturated heterocycles. The highest BCUT2D eigenvalue weighted by molar-refractivity contribution is 5.81. The molecular formula is C15H27NO2. The molecule has 104 valence electrons. The lowest BCUT2D eigenvalue weighted by Gasteiger charge is -2.44. The van der Waals surface area contributed by atoms with Crippen LogP contribution in [0.1, 0.15) is 58.8 Å². The molecule has 0 bridgehead atoms. The normalized spacial score (nSPS) is 37.7. The van der Waals surface area contributed by atoms with Crippen LogP contribution < -0.4 is 5.32 Å². The lowest BCUT2D eigenvalue weighted by molar-refractivity contribution is -0.154. The molecule has 0 aromatic carbocycles. The van der Waals surface area contributed by atoms with E-state index in [1.165, 1.54) is 39.2 Å². The molecule has 2 aliphatic rings. The lowest BCUT2D eigenvalue weighted by atomic mass is 9.69. The Morgan fingerprint density at radius 1 is 1.17 bits per heavy atom. The van der Waals surface area contributed by atoms with E-state index in [9.17, 15) is 4.79 Å². The third kappa shape index (κ3) is 2.56. The van der Waals surface area contributed by atoms with Crippen molar-refractivity contribution in [3.05, 3.63) is 0 Å². The maximum atomic E-state index is 12.3. The highest BCUT2D eigenvalue weighted by Crippen LogP contribution is 2.39. The summed E-state index contributed by atoms with van der Waals surface area (Å²) in [6.07, 6.45) is 8.27. The quantitative estimate of drug-likeness (QED) is 0.786. The summed E-state index contributed by atoms with van der Waals surface area (Å²) in [6.45, 7) is 4.45. The maximum absolute atomic E-state index is 12.3. The predicted molar refractivity (Wildman–Crippen MR) is 72.3 cm³/mol. The van der Waals surface area contributed by atoms with Gasteiger partial charge in [0.25, 0.3) is 0 Å². The van der Waals surface area contributed by atoms with Gasteiger partial charge in [-0.1, -0.05) is 33.1 Å². The second-order valence-corrected chi connectivity index (χ2v) is 6.38. The van der Waals surface area contributed by atoms with Crippen LogP contribution in [0, 0.1) is 11.8 Å². The topological polar surface area (TPSA) is 38.3 Å². The number of hydrogen-bond donors (Lipinski definition) is 1. The number of nitrogens with one attached hydrogen (secondary N) is 1. The first kappa shape index (κ1) is 13.9.